The van der Waals surface area contributed by atoms with Crippen LogP contribution in [0, 0.1) is 6.92 Å². The van der Waals surface area contributed by atoms with Gasteiger partial charge in [-0.25, -0.2) is 0 Å². The zero-order chi connectivity index (χ0) is 12.5. The predicted octanol–water partition coefficient (Wildman–Crippen LogP) is 0.0795. The number of rotatable bonds is 6. The molecule has 0 saturated carbocycles. The summed E-state index contributed by atoms with van der Waals surface area (Å²) in [7, 11) is 1.70. The van der Waals surface area contributed by atoms with Crippen molar-refractivity contribution in [3.8, 4) is 0 Å². The maximum Gasteiger partial charge on any atom is 0.246 e. The number of nitrogens with one attached hydrogen (secondary N) is 2. The van der Waals surface area contributed by atoms with Gasteiger partial charge in [0.1, 0.15) is 0 Å². The molecule has 0 atom stereocenters. The number of hydrogen-bond acceptors (Lipinski definition) is 5. The summed E-state index contributed by atoms with van der Waals surface area (Å²) in [6.45, 7) is 6.27. The van der Waals surface area contributed by atoms with Crippen LogP contribution in [-0.2, 0) is 11.3 Å². The topological polar surface area (TPSA) is 84.6 Å². The van der Waals surface area contributed by atoms with Gasteiger partial charge in [-0.3, -0.25) is 4.99 Å². The summed E-state index contributed by atoms with van der Waals surface area (Å²) in [5.74, 6) is 1.84. The van der Waals surface area contributed by atoms with Crippen LogP contribution in [0.3, 0.4) is 0 Å². The zero-order valence-corrected chi connectivity index (χ0v) is 10.5. The Hall–Kier alpha value is -1.63. The van der Waals surface area contributed by atoms with Gasteiger partial charge in [0.25, 0.3) is 0 Å². The van der Waals surface area contributed by atoms with E-state index in [-0.39, 0.29) is 0 Å². The molecule has 0 aromatic carbocycles. The van der Waals surface area contributed by atoms with Crippen LogP contribution in [0.1, 0.15) is 18.6 Å². The van der Waals surface area contributed by atoms with Crippen molar-refractivity contribution in [1.29, 1.82) is 0 Å². The molecule has 0 amide bonds. The molecule has 0 radical (unpaired) electrons. The minimum absolute atomic E-state index is 0.454. The first-order valence-corrected chi connectivity index (χ1v) is 5.57. The number of aryl methyl sites for hydroxylation is 1. The van der Waals surface area contributed by atoms with Gasteiger partial charge in [-0.2, -0.15) is 4.98 Å². The lowest BCUT2D eigenvalue weighted by atomic mass is 10.6. The van der Waals surface area contributed by atoms with Crippen LogP contribution in [-0.4, -0.2) is 42.9 Å². The van der Waals surface area contributed by atoms with Gasteiger partial charge in [0.05, 0.1) is 13.2 Å². The highest BCUT2D eigenvalue weighted by Gasteiger charge is 2.03. The monoisotopic (exact) mass is 241 g/mol. The van der Waals surface area contributed by atoms with Crippen molar-refractivity contribution in [2.45, 2.75) is 20.4 Å². The summed E-state index contributed by atoms with van der Waals surface area (Å²) in [6, 6.07) is 0. The van der Waals surface area contributed by atoms with Crippen molar-refractivity contribution < 1.29 is 9.26 Å². The fraction of sp³-hybridized carbons (Fsp3) is 0.700. The molecule has 1 heterocycles. The maximum atomic E-state index is 5.21. The molecule has 0 aliphatic carbocycles. The molecule has 2 N–H and O–H groups in total. The molecule has 96 valence electrons. The lowest BCUT2D eigenvalue weighted by molar-refractivity contribution is 0.152. The van der Waals surface area contributed by atoms with E-state index in [4.69, 9.17) is 9.26 Å². The van der Waals surface area contributed by atoms with Gasteiger partial charge in [-0.05, 0) is 13.8 Å². The van der Waals surface area contributed by atoms with E-state index >= 15 is 0 Å². The molecule has 0 saturated heterocycles. The number of aromatic nitrogens is 2. The highest BCUT2D eigenvalue weighted by molar-refractivity contribution is 5.79. The van der Waals surface area contributed by atoms with Crippen molar-refractivity contribution in [2.75, 3.05) is 26.8 Å². The molecule has 7 heteroatoms. The summed E-state index contributed by atoms with van der Waals surface area (Å²) in [5, 5.41) is 9.87. The Labute approximate surface area is 101 Å². The smallest absolute Gasteiger partial charge is 0.246 e. The van der Waals surface area contributed by atoms with Crippen LogP contribution in [0.25, 0.3) is 0 Å². The Balaban J connectivity index is 2.23. The number of hydrogen-bond donors (Lipinski definition) is 2. The second-order valence-electron chi connectivity index (χ2n) is 3.28. The first-order valence-electron chi connectivity index (χ1n) is 5.57. The van der Waals surface area contributed by atoms with Crippen molar-refractivity contribution >= 4 is 5.96 Å². The fourth-order valence-electron chi connectivity index (χ4n) is 1.18. The number of nitrogens with zero attached hydrogens (tertiary/aromatic N) is 3. The minimum atomic E-state index is 0.454. The van der Waals surface area contributed by atoms with E-state index in [1.807, 2.05) is 6.92 Å². The van der Waals surface area contributed by atoms with E-state index in [1.165, 1.54) is 0 Å². The Kier molecular flexibility index (Phi) is 6.02. The SMILES string of the molecule is CCOCCNC(=NC)NCc1nc(C)no1. The molecule has 7 nitrogen and oxygen atoms in total. The molecule has 0 spiro atoms. The number of guanidine groups is 1. The standard InChI is InChI=1S/C10H19N5O2/c1-4-16-6-5-12-10(11-3)13-7-9-14-8(2)15-17-9/h4-7H2,1-3H3,(H2,11,12,13). The quantitative estimate of drug-likeness (QED) is 0.417. The lowest BCUT2D eigenvalue weighted by Gasteiger charge is -2.09. The van der Waals surface area contributed by atoms with Crippen LogP contribution < -0.4 is 10.6 Å². The molecule has 17 heavy (non-hydrogen) atoms. The molecule has 1 rings (SSSR count). The van der Waals surface area contributed by atoms with E-state index in [0.29, 0.717) is 37.4 Å². The normalized spacial score (nSPS) is 11.6. The van der Waals surface area contributed by atoms with Crippen LogP contribution in [0.2, 0.25) is 0 Å². The third-order valence-corrected chi connectivity index (χ3v) is 1.94. The van der Waals surface area contributed by atoms with E-state index in [0.717, 1.165) is 6.61 Å². The Morgan fingerprint density at radius 3 is 2.88 bits per heavy atom. The van der Waals surface area contributed by atoms with Crippen LogP contribution in [0.15, 0.2) is 9.52 Å². The second-order valence-corrected chi connectivity index (χ2v) is 3.28. The van der Waals surface area contributed by atoms with Crippen LogP contribution in [0.5, 0.6) is 0 Å². The molecule has 0 aliphatic rings. The van der Waals surface area contributed by atoms with Gasteiger partial charge >= 0.3 is 0 Å². The van der Waals surface area contributed by atoms with Gasteiger partial charge in [-0.1, -0.05) is 5.16 Å². The number of aliphatic imine (C=N–C) groups is 1. The lowest BCUT2D eigenvalue weighted by Crippen LogP contribution is -2.38. The number of ether oxygens (including phenoxy) is 1. The van der Waals surface area contributed by atoms with Gasteiger partial charge in [-0.15, -0.1) is 0 Å². The van der Waals surface area contributed by atoms with Gasteiger partial charge in [0.2, 0.25) is 5.89 Å². The Bertz CT molecular complexity index is 350. The summed E-state index contributed by atoms with van der Waals surface area (Å²) in [4.78, 5) is 8.14. The summed E-state index contributed by atoms with van der Waals surface area (Å²) in [5.41, 5.74) is 0. The van der Waals surface area contributed by atoms with Crippen LogP contribution in [0.4, 0.5) is 0 Å². The first-order chi connectivity index (χ1) is 8.26. The third kappa shape index (κ3) is 5.30. The van der Waals surface area contributed by atoms with E-state index in [9.17, 15) is 0 Å². The van der Waals surface area contributed by atoms with Gasteiger partial charge in [0, 0.05) is 20.2 Å². The third-order valence-electron chi connectivity index (χ3n) is 1.94. The van der Waals surface area contributed by atoms with Gasteiger partial charge in [0.15, 0.2) is 11.8 Å². The average molecular weight is 241 g/mol. The fourth-order valence-corrected chi connectivity index (χ4v) is 1.18. The summed E-state index contributed by atoms with van der Waals surface area (Å²) < 4.78 is 10.2. The first kappa shape index (κ1) is 13.4. The molecule has 0 unspecified atom stereocenters. The van der Waals surface area contributed by atoms with E-state index in [1.54, 1.807) is 14.0 Å². The Morgan fingerprint density at radius 1 is 1.47 bits per heavy atom. The maximum absolute atomic E-state index is 5.21. The summed E-state index contributed by atoms with van der Waals surface area (Å²) in [6.07, 6.45) is 0. The van der Waals surface area contributed by atoms with E-state index in [2.05, 4.69) is 25.8 Å². The highest BCUT2D eigenvalue weighted by atomic mass is 16.5. The average Bonchev–Trinajstić information content (AvgIpc) is 2.74. The van der Waals surface area contributed by atoms with Crippen molar-refractivity contribution in [1.82, 2.24) is 20.8 Å². The molecule has 0 aliphatic heterocycles. The van der Waals surface area contributed by atoms with Crippen LogP contribution >= 0.6 is 0 Å². The predicted molar refractivity (Wildman–Crippen MR) is 63.7 cm³/mol. The molecule has 0 bridgehead atoms. The molecule has 1 aromatic heterocycles. The largest absolute Gasteiger partial charge is 0.380 e. The van der Waals surface area contributed by atoms with Crippen molar-refractivity contribution in [2.24, 2.45) is 4.99 Å². The van der Waals surface area contributed by atoms with Crippen molar-refractivity contribution in [3.63, 3.8) is 0 Å². The zero-order valence-electron chi connectivity index (χ0n) is 10.5. The highest BCUT2D eigenvalue weighted by Crippen LogP contribution is 1.94. The Morgan fingerprint density at radius 2 is 2.29 bits per heavy atom. The molecule has 0 fully saturated rings. The summed E-state index contributed by atoms with van der Waals surface area (Å²) >= 11 is 0. The van der Waals surface area contributed by atoms with Gasteiger partial charge < -0.3 is 19.9 Å². The van der Waals surface area contributed by atoms with Crippen molar-refractivity contribution in [3.05, 3.63) is 11.7 Å². The minimum Gasteiger partial charge on any atom is -0.380 e. The molecule has 1 aromatic rings. The molecular weight excluding hydrogens is 222 g/mol. The van der Waals surface area contributed by atoms with E-state index < -0.39 is 0 Å². The molecular formula is C10H19N5O2. The second kappa shape index (κ2) is 7.61.